The van der Waals surface area contributed by atoms with E-state index in [4.69, 9.17) is 9.51 Å². The van der Waals surface area contributed by atoms with Crippen molar-refractivity contribution in [2.75, 3.05) is 0 Å². The lowest BCUT2D eigenvalue weighted by atomic mass is 9.93. The zero-order valence-electron chi connectivity index (χ0n) is 21.5. The van der Waals surface area contributed by atoms with Gasteiger partial charge in [-0.25, -0.2) is 0 Å². The normalized spacial score (nSPS) is 14.6. The second-order valence-electron chi connectivity index (χ2n) is 10.2. The van der Waals surface area contributed by atoms with E-state index in [0.717, 1.165) is 33.5 Å². The van der Waals surface area contributed by atoms with Gasteiger partial charge >= 0.3 is 5.97 Å². The van der Waals surface area contributed by atoms with Gasteiger partial charge in [0.1, 0.15) is 6.10 Å². The first-order chi connectivity index (χ1) is 18.9. The van der Waals surface area contributed by atoms with Gasteiger partial charge in [-0.1, -0.05) is 90.1 Å². The summed E-state index contributed by atoms with van der Waals surface area (Å²) in [6.07, 6.45) is 1.07. The van der Waals surface area contributed by atoms with Gasteiger partial charge in [-0.2, -0.15) is 0 Å². The van der Waals surface area contributed by atoms with E-state index in [0.29, 0.717) is 42.0 Å². The molecule has 1 saturated carbocycles. The largest absolute Gasteiger partial charge is 0.481 e. The number of benzene rings is 3. The molecular formula is C33H28N2O4. The minimum atomic E-state index is -0.988. The van der Waals surface area contributed by atoms with Crippen LogP contribution in [0.1, 0.15) is 52.7 Å². The molecule has 6 nitrogen and oxygen atoms in total. The van der Waals surface area contributed by atoms with Gasteiger partial charge in [-0.15, -0.1) is 0 Å². The smallest absolute Gasteiger partial charge is 0.314 e. The minimum Gasteiger partial charge on any atom is -0.481 e. The Kier molecular flexibility index (Phi) is 6.33. The number of carboxylic acids is 1. The second-order valence-corrected chi connectivity index (χ2v) is 10.2. The Morgan fingerprint density at radius 3 is 2.15 bits per heavy atom. The topological polar surface area (TPSA) is 96.5 Å². The molecule has 6 heteroatoms. The Morgan fingerprint density at radius 2 is 1.51 bits per heavy atom. The highest BCUT2D eigenvalue weighted by atomic mass is 16.5. The van der Waals surface area contributed by atoms with Crippen LogP contribution in [0.25, 0.3) is 22.5 Å². The van der Waals surface area contributed by atoms with Gasteiger partial charge < -0.3 is 14.7 Å². The first-order valence-electron chi connectivity index (χ1n) is 13.0. The molecule has 0 amide bonds. The fourth-order valence-electron chi connectivity index (χ4n) is 5.16. The van der Waals surface area contributed by atoms with Crippen LogP contribution in [0.2, 0.25) is 0 Å². The lowest BCUT2D eigenvalue weighted by molar-refractivity contribution is -0.140. The van der Waals surface area contributed by atoms with Crippen molar-refractivity contribution in [2.24, 2.45) is 0 Å². The zero-order valence-corrected chi connectivity index (χ0v) is 21.5. The third-order valence-corrected chi connectivity index (χ3v) is 7.60. The van der Waals surface area contributed by atoms with E-state index in [1.54, 1.807) is 0 Å². The number of aromatic nitrogens is 2. The maximum atomic E-state index is 11.6. The predicted molar refractivity (Wildman–Crippen MR) is 148 cm³/mol. The van der Waals surface area contributed by atoms with Crippen LogP contribution >= 0.6 is 0 Å². The van der Waals surface area contributed by atoms with Crippen LogP contribution < -0.4 is 0 Å². The van der Waals surface area contributed by atoms with Gasteiger partial charge in [0.05, 0.1) is 22.4 Å². The fourth-order valence-corrected chi connectivity index (χ4v) is 5.16. The van der Waals surface area contributed by atoms with Crippen LogP contribution in [0.4, 0.5) is 0 Å². The molecule has 1 fully saturated rings. The molecule has 1 atom stereocenters. The summed E-state index contributed by atoms with van der Waals surface area (Å²) in [5.41, 5.74) is 6.73. The van der Waals surface area contributed by atoms with Crippen LogP contribution in [0.5, 0.6) is 0 Å². The van der Waals surface area contributed by atoms with Crippen molar-refractivity contribution in [1.29, 1.82) is 0 Å². The number of hydrogen-bond acceptors (Lipinski definition) is 5. The van der Waals surface area contributed by atoms with Crippen molar-refractivity contribution >= 4 is 5.97 Å². The maximum Gasteiger partial charge on any atom is 0.314 e. The summed E-state index contributed by atoms with van der Waals surface area (Å²) in [4.78, 5) is 16.4. The lowest BCUT2D eigenvalue weighted by Crippen LogP contribution is -2.19. The monoisotopic (exact) mass is 516 g/mol. The van der Waals surface area contributed by atoms with Gasteiger partial charge in [0, 0.05) is 17.7 Å². The number of aliphatic hydroxyl groups excluding tert-OH is 1. The van der Waals surface area contributed by atoms with E-state index in [2.05, 4.69) is 17.3 Å². The average molecular weight is 517 g/mol. The molecule has 2 heterocycles. The number of aliphatic carboxylic acids is 1. The van der Waals surface area contributed by atoms with Crippen molar-refractivity contribution in [3.8, 4) is 22.5 Å². The Hall–Kier alpha value is -4.55. The summed E-state index contributed by atoms with van der Waals surface area (Å²) in [6, 6.07) is 31.4. The molecule has 0 spiro atoms. The molecule has 39 heavy (non-hydrogen) atoms. The Bertz CT molecular complexity index is 1620. The van der Waals surface area contributed by atoms with Crippen LogP contribution in [-0.2, 0) is 16.6 Å². The quantitative estimate of drug-likeness (QED) is 0.244. The van der Waals surface area contributed by atoms with Crippen LogP contribution in [0, 0.1) is 6.92 Å². The van der Waals surface area contributed by atoms with Crippen molar-refractivity contribution in [3.05, 3.63) is 131 Å². The number of pyridine rings is 1. The van der Waals surface area contributed by atoms with E-state index in [1.807, 2.05) is 91.9 Å². The summed E-state index contributed by atoms with van der Waals surface area (Å²) in [7, 11) is 0. The van der Waals surface area contributed by atoms with Gasteiger partial charge in [-0.05, 0) is 54.2 Å². The predicted octanol–water partition coefficient (Wildman–Crippen LogP) is 6.50. The minimum absolute atomic E-state index is 0.509. The summed E-state index contributed by atoms with van der Waals surface area (Å²) < 4.78 is 5.68. The molecular weight excluding hydrogens is 488 g/mol. The highest BCUT2D eigenvalue weighted by Crippen LogP contribution is 2.48. The van der Waals surface area contributed by atoms with E-state index < -0.39 is 17.5 Å². The summed E-state index contributed by atoms with van der Waals surface area (Å²) in [6.45, 7) is 1.82. The van der Waals surface area contributed by atoms with Crippen LogP contribution in [-0.4, -0.2) is 26.3 Å². The van der Waals surface area contributed by atoms with Crippen LogP contribution in [0.15, 0.2) is 102 Å². The molecule has 0 saturated heterocycles. The molecule has 5 aromatic rings. The molecule has 1 aliphatic carbocycles. The highest BCUT2D eigenvalue weighted by Gasteiger charge is 2.51. The van der Waals surface area contributed by atoms with Crippen molar-refractivity contribution < 1.29 is 19.5 Å². The molecule has 2 aromatic heterocycles. The molecule has 0 aliphatic heterocycles. The van der Waals surface area contributed by atoms with E-state index in [9.17, 15) is 15.0 Å². The molecule has 1 unspecified atom stereocenters. The highest BCUT2D eigenvalue weighted by molar-refractivity contribution is 5.85. The fraction of sp³-hybridized carbons (Fsp3) is 0.182. The van der Waals surface area contributed by atoms with E-state index in [-0.39, 0.29) is 0 Å². The number of carbonyl (C=O) groups is 1. The van der Waals surface area contributed by atoms with Gasteiger partial charge in [-0.3, -0.25) is 9.78 Å². The third-order valence-electron chi connectivity index (χ3n) is 7.60. The number of hydrogen-bond donors (Lipinski definition) is 2. The van der Waals surface area contributed by atoms with Crippen molar-refractivity contribution in [3.63, 3.8) is 0 Å². The standard InChI is InChI=1S/C33H28N2O4/c1-21-29(30(36)28-9-5-8-27(34-28)20-22-6-3-2-4-7-22)31(39-35-21)25-12-10-23(11-13-25)24-14-16-26(17-15-24)33(18-19-33)32(37)38/h2-17,30,36H,18-20H2,1H3,(H,37,38). The molecule has 6 rings (SSSR count). The van der Waals surface area contributed by atoms with Crippen molar-refractivity contribution in [2.45, 2.75) is 37.7 Å². The van der Waals surface area contributed by atoms with E-state index >= 15 is 0 Å². The lowest BCUT2D eigenvalue weighted by Gasteiger charge is -2.13. The number of aryl methyl sites for hydroxylation is 1. The summed E-state index contributed by atoms with van der Waals surface area (Å²) in [5.74, 6) is -0.243. The summed E-state index contributed by atoms with van der Waals surface area (Å²) in [5, 5.41) is 25.1. The zero-order chi connectivity index (χ0) is 27.0. The van der Waals surface area contributed by atoms with E-state index in [1.165, 1.54) is 0 Å². The molecule has 3 aromatic carbocycles. The van der Waals surface area contributed by atoms with Crippen LogP contribution in [0.3, 0.4) is 0 Å². The Labute approximate surface area is 226 Å². The molecule has 1 aliphatic rings. The molecule has 0 radical (unpaired) electrons. The summed E-state index contributed by atoms with van der Waals surface area (Å²) >= 11 is 0. The number of aliphatic hydroxyl groups is 1. The second kappa shape index (κ2) is 9.97. The molecule has 0 bridgehead atoms. The molecule has 194 valence electrons. The first-order valence-corrected chi connectivity index (χ1v) is 13.0. The Morgan fingerprint density at radius 1 is 0.872 bits per heavy atom. The van der Waals surface area contributed by atoms with Crippen molar-refractivity contribution in [1.82, 2.24) is 10.1 Å². The number of carboxylic acid groups (broad SMARTS) is 1. The first kappa shape index (κ1) is 24.8. The number of rotatable bonds is 8. The maximum absolute atomic E-state index is 11.6. The van der Waals surface area contributed by atoms with Gasteiger partial charge in [0.2, 0.25) is 0 Å². The SMILES string of the molecule is Cc1noc(-c2ccc(-c3ccc(C4(C(=O)O)CC4)cc3)cc2)c1C(O)c1cccc(Cc2ccccc2)n1. The number of nitrogens with zero attached hydrogens (tertiary/aromatic N) is 2. The third kappa shape index (κ3) is 4.75. The molecule has 2 N–H and O–H groups in total. The van der Waals surface area contributed by atoms with Gasteiger partial charge in [0.15, 0.2) is 5.76 Å². The van der Waals surface area contributed by atoms with Gasteiger partial charge in [0.25, 0.3) is 0 Å². The Balaban J connectivity index is 1.24. The average Bonchev–Trinajstić information content (AvgIpc) is 3.70.